The van der Waals surface area contributed by atoms with Gasteiger partial charge in [-0.1, -0.05) is 27.7 Å². The summed E-state index contributed by atoms with van der Waals surface area (Å²) in [5, 5.41) is 5.46. The van der Waals surface area contributed by atoms with Crippen LogP contribution in [0.4, 0.5) is 0 Å². The number of likely N-dealkylation sites (N-methyl/N-ethyl adjacent to an activating group) is 1. The van der Waals surface area contributed by atoms with Gasteiger partial charge in [-0.2, -0.15) is 0 Å². The Morgan fingerprint density at radius 2 is 1.74 bits per heavy atom. The largest absolute Gasteiger partial charge is 0.357 e. The highest BCUT2D eigenvalue weighted by atomic mass is 16.2. The molecule has 112 valence electrons. The van der Waals surface area contributed by atoms with Crippen LogP contribution in [0.3, 0.4) is 0 Å². The summed E-state index contributed by atoms with van der Waals surface area (Å²) in [5.74, 6) is 0.0626. The number of rotatable bonds is 8. The monoisotopic (exact) mass is 271 g/mol. The number of carbonyl (C=O) groups excluding carboxylic acids is 2. The summed E-state index contributed by atoms with van der Waals surface area (Å²) in [7, 11) is 1.58. The Balaban J connectivity index is 4.92. The second-order valence-corrected chi connectivity index (χ2v) is 5.46. The van der Waals surface area contributed by atoms with Gasteiger partial charge in [0.25, 0.3) is 0 Å². The van der Waals surface area contributed by atoms with Crippen molar-refractivity contribution in [3.05, 3.63) is 0 Å². The van der Waals surface area contributed by atoms with Crippen LogP contribution < -0.4 is 16.4 Å². The first-order valence-corrected chi connectivity index (χ1v) is 7.09. The second-order valence-electron chi connectivity index (χ2n) is 5.46. The fourth-order valence-electron chi connectivity index (χ4n) is 2.14. The van der Waals surface area contributed by atoms with Crippen LogP contribution >= 0.6 is 0 Å². The molecule has 0 aromatic carbocycles. The van der Waals surface area contributed by atoms with Gasteiger partial charge in [-0.3, -0.25) is 9.59 Å². The van der Waals surface area contributed by atoms with Crippen molar-refractivity contribution in [2.75, 3.05) is 13.6 Å². The molecule has 0 saturated carbocycles. The Morgan fingerprint density at radius 1 is 1.21 bits per heavy atom. The average molecular weight is 271 g/mol. The lowest BCUT2D eigenvalue weighted by Gasteiger charge is -2.31. The van der Waals surface area contributed by atoms with Crippen LogP contribution in [0, 0.1) is 11.3 Å². The van der Waals surface area contributed by atoms with Crippen LogP contribution in [0.1, 0.15) is 47.0 Å². The van der Waals surface area contributed by atoms with Crippen molar-refractivity contribution in [3.8, 4) is 0 Å². The fourth-order valence-corrected chi connectivity index (χ4v) is 2.14. The molecular weight excluding hydrogens is 242 g/mol. The molecule has 0 aliphatic carbocycles. The van der Waals surface area contributed by atoms with E-state index in [1.807, 2.05) is 27.7 Å². The van der Waals surface area contributed by atoms with E-state index < -0.39 is 11.5 Å². The third-order valence-corrected chi connectivity index (χ3v) is 3.80. The van der Waals surface area contributed by atoms with Gasteiger partial charge in [0.2, 0.25) is 11.8 Å². The van der Waals surface area contributed by atoms with E-state index >= 15 is 0 Å². The molecule has 0 aromatic rings. The van der Waals surface area contributed by atoms with Gasteiger partial charge < -0.3 is 16.4 Å². The van der Waals surface area contributed by atoms with E-state index in [0.29, 0.717) is 31.7 Å². The summed E-state index contributed by atoms with van der Waals surface area (Å²) >= 11 is 0. The van der Waals surface area contributed by atoms with E-state index in [1.54, 1.807) is 7.05 Å². The molecule has 1 unspecified atom stereocenters. The fraction of sp³-hybridized carbons (Fsp3) is 0.857. The van der Waals surface area contributed by atoms with Gasteiger partial charge in [0, 0.05) is 13.6 Å². The van der Waals surface area contributed by atoms with Crippen LogP contribution in [-0.2, 0) is 9.59 Å². The summed E-state index contributed by atoms with van der Waals surface area (Å²) in [5.41, 5.74) is 5.19. The van der Waals surface area contributed by atoms with Gasteiger partial charge in [0.05, 0.1) is 5.41 Å². The maximum atomic E-state index is 12.4. The minimum Gasteiger partial charge on any atom is -0.357 e. The maximum absolute atomic E-state index is 12.4. The van der Waals surface area contributed by atoms with Crippen LogP contribution in [-0.4, -0.2) is 31.4 Å². The Bertz CT molecular complexity index is 291. The molecular formula is C14H29N3O2. The van der Waals surface area contributed by atoms with Crippen molar-refractivity contribution in [1.82, 2.24) is 10.6 Å². The van der Waals surface area contributed by atoms with Gasteiger partial charge in [0.1, 0.15) is 6.04 Å². The molecule has 0 radical (unpaired) electrons. The molecule has 0 aromatic heterocycles. The number of carbonyl (C=O) groups is 2. The number of nitrogens with two attached hydrogens (primary N) is 1. The van der Waals surface area contributed by atoms with Crippen molar-refractivity contribution in [2.45, 2.75) is 53.0 Å². The first kappa shape index (κ1) is 17.9. The quantitative estimate of drug-likeness (QED) is 0.616. The van der Waals surface area contributed by atoms with E-state index in [0.717, 1.165) is 0 Å². The molecule has 0 heterocycles. The zero-order valence-corrected chi connectivity index (χ0v) is 12.9. The number of hydrogen-bond donors (Lipinski definition) is 3. The predicted molar refractivity (Wildman–Crippen MR) is 77.5 cm³/mol. The molecule has 4 N–H and O–H groups in total. The molecule has 1 atom stereocenters. The summed E-state index contributed by atoms with van der Waals surface area (Å²) < 4.78 is 0. The third kappa shape index (κ3) is 4.82. The van der Waals surface area contributed by atoms with Gasteiger partial charge in [0.15, 0.2) is 0 Å². The van der Waals surface area contributed by atoms with Crippen molar-refractivity contribution >= 4 is 11.8 Å². The standard InChI is InChI=1S/C14H29N3O2/c1-6-14(7-2,9-15)13(19)17-11(8-10(3)4)12(18)16-5/h10-11H,6-9,15H2,1-5H3,(H,16,18)(H,17,19). The smallest absolute Gasteiger partial charge is 0.242 e. The zero-order chi connectivity index (χ0) is 15.1. The SMILES string of the molecule is CCC(CC)(CN)C(=O)NC(CC(C)C)C(=O)NC. The average Bonchev–Trinajstić information content (AvgIpc) is 2.39. The van der Waals surface area contributed by atoms with Crippen molar-refractivity contribution < 1.29 is 9.59 Å². The summed E-state index contributed by atoms with van der Waals surface area (Å²) in [4.78, 5) is 24.2. The third-order valence-electron chi connectivity index (χ3n) is 3.80. The molecule has 0 fully saturated rings. The topological polar surface area (TPSA) is 84.2 Å². The maximum Gasteiger partial charge on any atom is 0.242 e. The molecule has 5 heteroatoms. The molecule has 2 amide bonds. The number of amides is 2. The first-order chi connectivity index (χ1) is 8.86. The molecule has 0 aliphatic heterocycles. The molecule has 0 saturated heterocycles. The number of hydrogen-bond acceptors (Lipinski definition) is 3. The zero-order valence-electron chi connectivity index (χ0n) is 12.9. The number of nitrogens with one attached hydrogen (secondary N) is 2. The Labute approximate surface area is 116 Å². The minimum atomic E-state index is -0.566. The van der Waals surface area contributed by atoms with Crippen molar-refractivity contribution in [2.24, 2.45) is 17.1 Å². The van der Waals surface area contributed by atoms with Gasteiger partial charge >= 0.3 is 0 Å². The van der Waals surface area contributed by atoms with E-state index in [4.69, 9.17) is 5.73 Å². The van der Waals surface area contributed by atoms with Gasteiger partial charge in [-0.05, 0) is 25.2 Å². The molecule has 0 bridgehead atoms. The molecule has 0 rings (SSSR count). The van der Waals surface area contributed by atoms with Crippen LogP contribution in [0.2, 0.25) is 0 Å². The predicted octanol–water partition coefficient (Wildman–Crippen LogP) is 1.03. The molecule has 19 heavy (non-hydrogen) atoms. The first-order valence-electron chi connectivity index (χ1n) is 7.09. The van der Waals surface area contributed by atoms with Crippen LogP contribution in [0.25, 0.3) is 0 Å². The van der Waals surface area contributed by atoms with Gasteiger partial charge in [-0.15, -0.1) is 0 Å². The molecule has 0 spiro atoms. The highest BCUT2D eigenvalue weighted by Gasteiger charge is 2.35. The summed E-state index contributed by atoms with van der Waals surface area (Å²) in [6.45, 7) is 8.25. The van der Waals surface area contributed by atoms with E-state index in [-0.39, 0.29) is 11.8 Å². The Morgan fingerprint density at radius 3 is 2.05 bits per heavy atom. The molecule has 0 aliphatic rings. The lowest BCUT2D eigenvalue weighted by molar-refractivity contribution is -0.135. The van der Waals surface area contributed by atoms with E-state index in [9.17, 15) is 9.59 Å². The van der Waals surface area contributed by atoms with E-state index in [1.165, 1.54) is 0 Å². The molecule has 5 nitrogen and oxygen atoms in total. The second kappa shape index (κ2) is 8.15. The minimum absolute atomic E-state index is 0.116. The van der Waals surface area contributed by atoms with E-state index in [2.05, 4.69) is 10.6 Å². The highest BCUT2D eigenvalue weighted by Crippen LogP contribution is 2.25. The Hall–Kier alpha value is -1.10. The lowest BCUT2D eigenvalue weighted by Crippen LogP contribution is -2.53. The van der Waals surface area contributed by atoms with Crippen LogP contribution in [0.5, 0.6) is 0 Å². The summed E-state index contributed by atoms with van der Waals surface area (Å²) in [6.07, 6.45) is 1.97. The van der Waals surface area contributed by atoms with Crippen LogP contribution in [0.15, 0.2) is 0 Å². The Kier molecular flexibility index (Phi) is 7.68. The lowest BCUT2D eigenvalue weighted by atomic mass is 9.81. The highest BCUT2D eigenvalue weighted by molar-refractivity contribution is 5.90. The normalized spacial score (nSPS) is 13.2. The summed E-state index contributed by atoms with van der Waals surface area (Å²) in [6, 6.07) is -0.485. The van der Waals surface area contributed by atoms with Gasteiger partial charge in [-0.25, -0.2) is 0 Å². The van der Waals surface area contributed by atoms with Crippen molar-refractivity contribution in [3.63, 3.8) is 0 Å². The van der Waals surface area contributed by atoms with Crippen molar-refractivity contribution in [1.29, 1.82) is 0 Å².